The van der Waals surface area contributed by atoms with Gasteiger partial charge in [0.2, 0.25) is 5.91 Å². The second kappa shape index (κ2) is 9.28. The van der Waals surface area contributed by atoms with Crippen molar-refractivity contribution in [2.75, 3.05) is 26.2 Å². The maximum absolute atomic E-state index is 12.6. The monoisotopic (exact) mass is 325 g/mol. The van der Waals surface area contributed by atoms with Crippen molar-refractivity contribution in [3.8, 4) is 0 Å². The minimum Gasteiger partial charge on any atom is -0.354 e. The molecule has 0 aliphatic carbocycles. The lowest BCUT2D eigenvalue weighted by molar-refractivity contribution is -0.131. The van der Waals surface area contributed by atoms with Gasteiger partial charge >= 0.3 is 0 Å². The first kappa shape index (κ1) is 19.1. The van der Waals surface area contributed by atoms with Crippen LogP contribution < -0.4 is 11.1 Å². The number of nitrogens with two attached hydrogens (primary N) is 1. The summed E-state index contributed by atoms with van der Waals surface area (Å²) in [6, 6.07) is 2.38. The van der Waals surface area contributed by atoms with Crippen LogP contribution in [0.2, 0.25) is 0 Å². The van der Waals surface area contributed by atoms with E-state index < -0.39 is 5.41 Å². The number of carbonyl (C=O) groups is 1. The Balaban J connectivity index is 2.81. The molecule has 4 nitrogen and oxygen atoms in total. The van der Waals surface area contributed by atoms with Gasteiger partial charge in [0.15, 0.2) is 0 Å². The number of rotatable bonds is 10. The molecule has 1 unspecified atom stereocenters. The first-order chi connectivity index (χ1) is 10.6. The van der Waals surface area contributed by atoms with Gasteiger partial charge in [-0.15, -0.1) is 0 Å². The highest BCUT2D eigenvalue weighted by molar-refractivity contribution is 7.07. The third-order valence-electron chi connectivity index (χ3n) is 4.86. The predicted octanol–water partition coefficient (Wildman–Crippen LogP) is 3.01. The van der Waals surface area contributed by atoms with Crippen molar-refractivity contribution >= 4 is 17.2 Å². The van der Waals surface area contributed by atoms with Crippen LogP contribution in [0.1, 0.15) is 52.1 Å². The standard InChI is InChI=1S/C17H31N3OS/c1-5-17(6-2,13-18)16(21)19-11-15(20(7-3)8-4)14-9-10-22-12-14/h9-10,12,15H,5-8,11,13,18H2,1-4H3,(H,19,21). The number of nitrogens with zero attached hydrogens (tertiary/aromatic N) is 1. The summed E-state index contributed by atoms with van der Waals surface area (Å²) in [7, 11) is 0. The van der Waals surface area contributed by atoms with Crippen molar-refractivity contribution in [3.05, 3.63) is 22.4 Å². The summed E-state index contributed by atoms with van der Waals surface area (Å²) in [5.41, 5.74) is 6.72. The zero-order chi connectivity index (χ0) is 16.6. The minimum absolute atomic E-state index is 0.0902. The highest BCUT2D eigenvalue weighted by Crippen LogP contribution is 2.26. The van der Waals surface area contributed by atoms with Crippen LogP contribution in [0.3, 0.4) is 0 Å². The van der Waals surface area contributed by atoms with Gasteiger partial charge in [-0.3, -0.25) is 9.69 Å². The number of amides is 1. The molecular weight excluding hydrogens is 294 g/mol. The first-order valence-corrected chi connectivity index (χ1v) is 9.27. The van der Waals surface area contributed by atoms with Gasteiger partial charge in [-0.1, -0.05) is 27.7 Å². The fourth-order valence-electron chi connectivity index (χ4n) is 2.92. The summed E-state index contributed by atoms with van der Waals surface area (Å²) in [6.45, 7) is 11.4. The molecule has 0 radical (unpaired) electrons. The van der Waals surface area contributed by atoms with E-state index in [-0.39, 0.29) is 11.9 Å². The summed E-state index contributed by atoms with van der Waals surface area (Å²) in [4.78, 5) is 15.0. The largest absolute Gasteiger partial charge is 0.354 e. The third-order valence-corrected chi connectivity index (χ3v) is 5.56. The van der Waals surface area contributed by atoms with E-state index >= 15 is 0 Å². The fourth-order valence-corrected chi connectivity index (χ4v) is 3.62. The maximum Gasteiger partial charge on any atom is 0.227 e. The molecule has 126 valence electrons. The Morgan fingerprint density at radius 3 is 2.36 bits per heavy atom. The quantitative estimate of drug-likeness (QED) is 0.695. The Kier molecular flexibility index (Phi) is 8.07. The molecule has 1 rings (SSSR count). The first-order valence-electron chi connectivity index (χ1n) is 8.32. The van der Waals surface area contributed by atoms with E-state index in [4.69, 9.17) is 5.73 Å². The lowest BCUT2D eigenvalue weighted by Crippen LogP contribution is -2.47. The lowest BCUT2D eigenvalue weighted by Gasteiger charge is -2.33. The predicted molar refractivity (Wildman–Crippen MR) is 95.1 cm³/mol. The number of nitrogens with one attached hydrogen (secondary N) is 1. The molecule has 0 fully saturated rings. The molecular formula is C17H31N3OS. The summed E-state index contributed by atoms with van der Waals surface area (Å²) >= 11 is 1.70. The molecule has 1 amide bonds. The lowest BCUT2D eigenvalue weighted by atomic mass is 9.81. The highest BCUT2D eigenvalue weighted by Gasteiger charge is 2.33. The van der Waals surface area contributed by atoms with E-state index in [0.717, 1.165) is 25.9 Å². The molecule has 0 bridgehead atoms. The zero-order valence-corrected chi connectivity index (χ0v) is 15.2. The van der Waals surface area contributed by atoms with Gasteiger partial charge in [-0.05, 0) is 48.3 Å². The van der Waals surface area contributed by atoms with Crippen LogP contribution in [0.4, 0.5) is 0 Å². The number of thiophene rings is 1. The van der Waals surface area contributed by atoms with Crippen LogP contribution in [-0.4, -0.2) is 37.0 Å². The molecule has 3 N–H and O–H groups in total. The number of likely N-dealkylation sites (N-methyl/N-ethyl adjacent to an activating group) is 1. The zero-order valence-electron chi connectivity index (χ0n) is 14.4. The molecule has 0 saturated heterocycles. The summed E-state index contributed by atoms with van der Waals surface area (Å²) in [5.74, 6) is 0.0902. The Hall–Kier alpha value is -0.910. The maximum atomic E-state index is 12.6. The molecule has 0 aliphatic heterocycles. The van der Waals surface area contributed by atoms with Crippen molar-refractivity contribution in [1.82, 2.24) is 10.2 Å². The van der Waals surface area contributed by atoms with Gasteiger partial charge in [0, 0.05) is 13.1 Å². The normalized spacial score (nSPS) is 13.4. The molecule has 22 heavy (non-hydrogen) atoms. The molecule has 0 spiro atoms. The van der Waals surface area contributed by atoms with Gasteiger partial charge in [0.1, 0.15) is 0 Å². The number of hydrogen-bond donors (Lipinski definition) is 2. The molecule has 1 atom stereocenters. The van der Waals surface area contributed by atoms with Gasteiger partial charge in [0.25, 0.3) is 0 Å². The SMILES string of the molecule is CCN(CC)C(CNC(=O)C(CC)(CC)CN)c1ccsc1. The second-order valence-electron chi connectivity index (χ2n) is 5.70. The van der Waals surface area contributed by atoms with E-state index in [1.807, 2.05) is 13.8 Å². The fraction of sp³-hybridized carbons (Fsp3) is 0.706. The van der Waals surface area contributed by atoms with Crippen molar-refractivity contribution < 1.29 is 4.79 Å². The molecule has 0 saturated carbocycles. The van der Waals surface area contributed by atoms with E-state index in [2.05, 4.69) is 40.9 Å². The average molecular weight is 326 g/mol. The molecule has 5 heteroatoms. The van der Waals surface area contributed by atoms with Crippen LogP contribution in [0.15, 0.2) is 16.8 Å². The number of carbonyl (C=O) groups excluding carboxylic acids is 1. The van der Waals surface area contributed by atoms with Crippen LogP contribution in [0, 0.1) is 5.41 Å². The van der Waals surface area contributed by atoms with E-state index in [1.54, 1.807) is 11.3 Å². The molecule has 1 heterocycles. The van der Waals surface area contributed by atoms with E-state index in [9.17, 15) is 4.79 Å². The van der Waals surface area contributed by atoms with Crippen LogP contribution >= 0.6 is 11.3 Å². The molecule has 0 aliphatic rings. The number of hydrogen-bond acceptors (Lipinski definition) is 4. The van der Waals surface area contributed by atoms with Crippen molar-refractivity contribution in [2.45, 2.75) is 46.6 Å². The average Bonchev–Trinajstić information content (AvgIpc) is 3.07. The van der Waals surface area contributed by atoms with Crippen LogP contribution in [0.25, 0.3) is 0 Å². The second-order valence-corrected chi connectivity index (χ2v) is 6.48. The Bertz CT molecular complexity index is 417. The molecule has 0 aromatic carbocycles. The summed E-state index contributed by atoms with van der Waals surface area (Å²) in [6.07, 6.45) is 1.56. The van der Waals surface area contributed by atoms with Gasteiger partial charge in [-0.2, -0.15) is 11.3 Å². The van der Waals surface area contributed by atoms with E-state index in [1.165, 1.54) is 5.56 Å². The van der Waals surface area contributed by atoms with Crippen LogP contribution in [-0.2, 0) is 4.79 Å². The molecule has 1 aromatic heterocycles. The van der Waals surface area contributed by atoms with Crippen LogP contribution in [0.5, 0.6) is 0 Å². The van der Waals surface area contributed by atoms with E-state index in [0.29, 0.717) is 13.1 Å². The van der Waals surface area contributed by atoms with Gasteiger partial charge in [-0.25, -0.2) is 0 Å². The summed E-state index contributed by atoms with van der Waals surface area (Å²) < 4.78 is 0. The molecule has 1 aromatic rings. The Labute approximate surface area is 139 Å². The topological polar surface area (TPSA) is 58.4 Å². The third kappa shape index (κ3) is 4.31. The Morgan fingerprint density at radius 2 is 1.95 bits per heavy atom. The van der Waals surface area contributed by atoms with Gasteiger partial charge < -0.3 is 11.1 Å². The Morgan fingerprint density at radius 1 is 1.32 bits per heavy atom. The van der Waals surface area contributed by atoms with Gasteiger partial charge in [0.05, 0.1) is 11.5 Å². The highest BCUT2D eigenvalue weighted by atomic mass is 32.1. The van der Waals surface area contributed by atoms with Crippen molar-refractivity contribution in [2.24, 2.45) is 11.1 Å². The minimum atomic E-state index is -0.428. The smallest absolute Gasteiger partial charge is 0.227 e. The van der Waals surface area contributed by atoms with Crippen molar-refractivity contribution in [1.29, 1.82) is 0 Å². The van der Waals surface area contributed by atoms with Crippen molar-refractivity contribution in [3.63, 3.8) is 0 Å². The summed E-state index contributed by atoms with van der Waals surface area (Å²) in [5, 5.41) is 7.42.